The molecule has 2 aliphatic rings. The van der Waals surface area contributed by atoms with Crippen LogP contribution in [0.3, 0.4) is 0 Å². The molecule has 1 aromatic rings. The largest absolute Gasteiger partial charge is 0.416 e. The van der Waals surface area contributed by atoms with E-state index in [2.05, 4.69) is 5.16 Å². The molecule has 0 aliphatic carbocycles. The summed E-state index contributed by atoms with van der Waals surface area (Å²) in [6, 6.07) is 4.63. The van der Waals surface area contributed by atoms with Gasteiger partial charge in [0, 0.05) is 25.3 Å². The van der Waals surface area contributed by atoms with E-state index in [1.807, 2.05) is 0 Å². The average molecular weight is 408 g/mol. The van der Waals surface area contributed by atoms with Crippen LogP contribution in [0.5, 0.6) is 0 Å². The summed E-state index contributed by atoms with van der Waals surface area (Å²) in [5.41, 5.74) is 0.291. The standard InChI is InChI=1S/C18H18F6N2O2/c19-17(20,21)7-5-16(27)26-8-6-12-9-14(25-28-15(12)10-26)11-1-3-13(4-2-11)18(22,23)24/h1-4,12,15H,5-10H2. The van der Waals surface area contributed by atoms with Crippen LogP contribution in [0.15, 0.2) is 29.4 Å². The molecule has 10 heteroatoms. The Hall–Kier alpha value is -2.26. The van der Waals surface area contributed by atoms with Crippen LogP contribution < -0.4 is 0 Å². The number of halogens is 6. The number of oxime groups is 1. The Balaban J connectivity index is 1.60. The molecule has 0 aromatic heterocycles. The van der Waals surface area contributed by atoms with Gasteiger partial charge in [0.1, 0.15) is 6.10 Å². The Morgan fingerprint density at radius 2 is 1.82 bits per heavy atom. The second-order valence-corrected chi connectivity index (χ2v) is 6.96. The second-order valence-electron chi connectivity index (χ2n) is 6.96. The van der Waals surface area contributed by atoms with E-state index in [1.165, 1.54) is 17.0 Å². The predicted octanol–water partition coefficient (Wildman–Crippen LogP) is 4.39. The summed E-state index contributed by atoms with van der Waals surface area (Å²) in [5.74, 6) is -0.571. The zero-order valence-corrected chi connectivity index (χ0v) is 14.7. The van der Waals surface area contributed by atoms with Crippen molar-refractivity contribution in [3.63, 3.8) is 0 Å². The van der Waals surface area contributed by atoms with Crippen molar-refractivity contribution in [2.75, 3.05) is 13.1 Å². The number of amides is 1. The lowest BCUT2D eigenvalue weighted by molar-refractivity contribution is -0.152. The lowest BCUT2D eigenvalue weighted by Gasteiger charge is -2.39. The number of nitrogens with zero attached hydrogens (tertiary/aromatic N) is 2. The van der Waals surface area contributed by atoms with Crippen molar-refractivity contribution < 1.29 is 36.0 Å². The number of hydrogen-bond acceptors (Lipinski definition) is 3. The lowest BCUT2D eigenvalue weighted by atomic mass is 9.86. The van der Waals surface area contributed by atoms with E-state index in [4.69, 9.17) is 4.84 Å². The third-order valence-electron chi connectivity index (χ3n) is 4.97. The molecule has 2 atom stereocenters. The van der Waals surface area contributed by atoms with E-state index in [0.29, 0.717) is 30.7 Å². The number of hydrogen-bond donors (Lipinski definition) is 0. The van der Waals surface area contributed by atoms with Crippen LogP contribution in [-0.4, -0.2) is 41.9 Å². The molecule has 3 rings (SSSR count). The van der Waals surface area contributed by atoms with Gasteiger partial charge in [0.25, 0.3) is 0 Å². The van der Waals surface area contributed by atoms with Gasteiger partial charge in [0.15, 0.2) is 0 Å². The molecule has 4 nitrogen and oxygen atoms in total. The number of fused-ring (bicyclic) bond motifs is 1. The van der Waals surface area contributed by atoms with Crippen LogP contribution in [0, 0.1) is 5.92 Å². The molecular formula is C18H18F6N2O2. The minimum absolute atomic E-state index is 0.00135. The number of piperidine rings is 1. The van der Waals surface area contributed by atoms with E-state index in [0.717, 1.165) is 12.1 Å². The summed E-state index contributed by atoms with van der Waals surface area (Å²) in [4.78, 5) is 18.7. The lowest BCUT2D eigenvalue weighted by Crippen LogP contribution is -2.49. The average Bonchev–Trinajstić information content (AvgIpc) is 2.64. The van der Waals surface area contributed by atoms with Crippen LogP contribution in [0.2, 0.25) is 0 Å². The molecule has 2 heterocycles. The summed E-state index contributed by atoms with van der Waals surface area (Å²) in [7, 11) is 0. The zero-order valence-electron chi connectivity index (χ0n) is 14.7. The minimum Gasteiger partial charge on any atom is -0.390 e. The summed E-state index contributed by atoms with van der Waals surface area (Å²) >= 11 is 0. The molecular weight excluding hydrogens is 390 g/mol. The zero-order chi connectivity index (χ0) is 20.5. The van der Waals surface area contributed by atoms with Crippen LogP contribution in [0.4, 0.5) is 26.3 Å². The Morgan fingerprint density at radius 1 is 1.14 bits per heavy atom. The van der Waals surface area contributed by atoms with Gasteiger partial charge in [0.2, 0.25) is 5.91 Å². The number of likely N-dealkylation sites (tertiary alicyclic amines) is 1. The van der Waals surface area contributed by atoms with Gasteiger partial charge in [-0.25, -0.2) is 0 Å². The number of rotatable bonds is 3. The Labute approximate surface area is 157 Å². The molecule has 154 valence electrons. The van der Waals surface area contributed by atoms with Crippen LogP contribution in [0.1, 0.15) is 36.8 Å². The normalized spacial score (nSPS) is 22.9. The van der Waals surface area contributed by atoms with Gasteiger partial charge in [-0.2, -0.15) is 26.3 Å². The van der Waals surface area contributed by atoms with Crippen molar-refractivity contribution in [2.45, 2.75) is 44.1 Å². The first-order chi connectivity index (χ1) is 13.0. The molecule has 0 saturated carbocycles. The Kier molecular flexibility index (Phi) is 5.58. The molecule has 28 heavy (non-hydrogen) atoms. The van der Waals surface area contributed by atoms with Gasteiger partial charge < -0.3 is 9.74 Å². The van der Waals surface area contributed by atoms with Crippen LogP contribution in [-0.2, 0) is 15.8 Å². The summed E-state index contributed by atoms with van der Waals surface area (Å²) in [5, 5.41) is 3.97. The van der Waals surface area contributed by atoms with E-state index >= 15 is 0 Å². The van der Waals surface area contributed by atoms with Crippen molar-refractivity contribution in [2.24, 2.45) is 11.1 Å². The topological polar surface area (TPSA) is 41.9 Å². The summed E-state index contributed by atoms with van der Waals surface area (Å²) in [6.07, 6.45) is -9.98. The number of carbonyl (C=O) groups excluding carboxylic acids is 1. The molecule has 0 radical (unpaired) electrons. The Morgan fingerprint density at radius 3 is 2.43 bits per heavy atom. The minimum atomic E-state index is -4.42. The molecule has 1 fully saturated rings. The number of benzene rings is 1. The van der Waals surface area contributed by atoms with Gasteiger partial charge in [-0.15, -0.1) is 0 Å². The van der Waals surface area contributed by atoms with Crippen LogP contribution >= 0.6 is 0 Å². The monoisotopic (exact) mass is 408 g/mol. The fourth-order valence-corrected chi connectivity index (χ4v) is 3.39. The van der Waals surface area contributed by atoms with E-state index in [9.17, 15) is 31.1 Å². The summed E-state index contributed by atoms with van der Waals surface area (Å²) in [6.45, 7) is 0.479. The van der Waals surface area contributed by atoms with E-state index in [1.54, 1.807) is 0 Å². The molecule has 0 bridgehead atoms. The van der Waals surface area contributed by atoms with Crippen molar-refractivity contribution in [1.29, 1.82) is 0 Å². The first kappa shape index (κ1) is 20.5. The second kappa shape index (κ2) is 7.63. The fraction of sp³-hybridized carbons (Fsp3) is 0.556. The predicted molar refractivity (Wildman–Crippen MR) is 87.4 cm³/mol. The maximum atomic E-state index is 12.7. The smallest absolute Gasteiger partial charge is 0.390 e. The van der Waals surface area contributed by atoms with Crippen molar-refractivity contribution in [3.05, 3.63) is 35.4 Å². The summed E-state index contributed by atoms with van der Waals surface area (Å²) < 4.78 is 74.8. The van der Waals surface area contributed by atoms with Gasteiger partial charge in [-0.3, -0.25) is 4.79 Å². The van der Waals surface area contributed by atoms with Crippen molar-refractivity contribution in [3.8, 4) is 0 Å². The molecule has 2 unspecified atom stereocenters. The highest BCUT2D eigenvalue weighted by Gasteiger charge is 2.38. The third-order valence-corrected chi connectivity index (χ3v) is 4.97. The quantitative estimate of drug-likeness (QED) is 0.697. The molecule has 2 aliphatic heterocycles. The molecule has 1 aromatic carbocycles. The van der Waals surface area contributed by atoms with Gasteiger partial charge in [-0.05, 0) is 24.1 Å². The maximum Gasteiger partial charge on any atom is 0.416 e. The van der Waals surface area contributed by atoms with Gasteiger partial charge in [0.05, 0.1) is 24.2 Å². The molecule has 0 spiro atoms. The third kappa shape index (κ3) is 4.96. The van der Waals surface area contributed by atoms with Crippen molar-refractivity contribution >= 4 is 11.6 Å². The van der Waals surface area contributed by atoms with Gasteiger partial charge >= 0.3 is 12.4 Å². The SMILES string of the molecule is O=C(CCC(F)(F)F)N1CCC2CC(c3ccc(C(F)(F)F)cc3)=NOC2C1. The molecule has 1 amide bonds. The number of carbonyl (C=O) groups is 1. The van der Waals surface area contributed by atoms with E-state index in [-0.39, 0.29) is 12.5 Å². The van der Waals surface area contributed by atoms with E-state index < -0.39 is 42.8 Å². The first-order valence-corrected chi connectivity index (χ1v) is 8.78. The maximum absolute atomic E-state index is 12.7. The van der Waals surface area contributed by atoms with Gasteiger partial charge in [-0.1, -0.05) is 17.3 Å². The first-order valence-electron chi connectivity index (χ1n) is 8.78. The molecule has 1 saturated heterocycles. The highest BCUT2D eigenvalue weighted by Crippen LogP contribution is 2.32. The fourth-order valence-electron chi connectivity index (χ4n) is 3.39. The number of alkyl halides is 6. The highest BCUT2D eigenvalue weighted by molar-refractivity contribution is 6.00. The molecule has 0 N–H and O–H groups in total. The van der Waals surface area contributed by atoms with Crippen molar-refractivity contribution in [1.82, 2.24) is 4.90 Å². The van der Waals surface area contributed by atoms with Crippen LogP contribution in [0.25, 0.3) is 0 Å². The highest BCUT2D eigenvalue weighted by atomic mass is 19.4. The Bertz CT molecular complexity index is 742.